The highest BCUT2D eigenvalue weighted by Gasteiger charge is 2.26. The van der Waals surface area contributed by atoms with E-state index in [4.69, 9.17) is 5.73 Å². The molecule has 0 spiro atoms. The van der Waals surface area contributed by atoms with Gasteiger partial charge in [-0.15, -0.1) is 0 Å². The number of carbonyl (C=O) groups excluding carboxylic acids is 1. The smallest absolute Gasteiger partial charge is 0.258 e. The Morgan fingerprint density at radius 1 is 1.21 bits per heavy atom. The number of benzene rings is 2. The number of amides is 1. The third-order valence-corrected chi connectivity index (χ3v) is 3.63. The zero-order valence-corrected chi connectivity index (χ0v) is 10.9. The highest BCUT2D eigenvalue weighted by Crippen LogP contribution is 2.32. The van der Waals surface area contributed by atoms with Gasteiger partial charge in [-0.1, -0.05) is 24.3 Å². The first-order chi connectivity index (χ1) is 9.16. The summed E-state index contributed by atoms with van der Waals surface area (Å²) in [6, 6.07) is 13.4. The van der Waals surface area contributed by atoms with Crippen LogP contribution in [0.2, 0.25) is 0 Å². The van der Waals surface area contributed by atoms with E-state index in [-0.39, 0.29) is 5.91 Å². The lowest BCUT2D eigenvalue weighted by molar-refractivity contribution is 0.0989. The standard InChI is InChI=1S/C16H16N2O/c1-11-9-13-7-8-18(15(13)10-14(11)17)16(19)12-5-3-2-4-6-12/h2-6,9-10H,7-8,17H2,1H3. The Kier molecular flexibility index (Phi) is 2.75. The molecule has 2 aromatic carbocycles. The molecular formula is C16H16N2O. The van der Waals surface area contributed by atoms with E-state index in [1.165, 1.54) is 5.56 Å². The number of aryl methyl sites for hydroxylation is 1. The number of hydrogen-bond acceptors (Lipinski definition) is 2. The van der Waals surface area contributed by atoms with Crippen molar-refractivity contribution in [1.82, 2.24) is 0 Å². The minimum absolute atomic E-state index is 0.0441. The van der Waals surface area contributed by atoms with Crippen LogP contribution in [0.4, 0.5) is 11.4 Å². The third-order valence-electron chi connectivity index (χ3n) is 3.63. The molecule has 0 bridgehead atoms. The van der Waals surface area contributed by atoms with Gasteiger partial charge in [0, 0.05) is 23.5 Å². The molecule has 96 valence electrons. The topological polar surface area (TPSA) is 46.3 Å². The van der Waals surface area contributed by atoms with Crippen molar-refractivity contribution in [3.63, 3.8) is 0 Å². The number of nitrogens with zero attached hydrogens (tertiary/aromatic N) is 1. The summed E-state index contributed by atoms with van der Waals surface area (Å²) in [5.41, 5.74) is 10.7. The second kappa shape index (κ2) is 4.43. The van der Waals surface area contributed by atoms with Crippen molar-refractivity contribution in [1.29, 1.82) is 0 Å². The van der Waals surface area contributed by atoms with E-state index < -0.39 is 0 Å². The highest BCUT2D eigenvalue weighted by molar-refractivity contribution is 6.07. The zero-order chi connectivity index (χ0) is 13.4. The quantitative estimate of drug-likeness (QED) is 0.793. The van der Waals surface area contributed by atoms with E-state index in [9.17, 15) is 4.79 Å². The molecule has 3 nitrogen and oxygen atoms in total. The Morgan fingerprint density at radius 2 is 1.95 bits per heavy atom. The maximum Gasteiger partial charge on any atom is 0.258 e. The van der Waals surface area contributed by atoms with Gasteiger partial charge >= 0.3 is 0 Å². The van der Waals surface area contributed by atoms with Crippen LogP contribution in [0.5, 0.6) is 0 Å². The monoisotopic (exact) mass is 252 g/mol. The Labute approximate surface area is 112 Å². The summed E-state index contributed by atoms with van der Waals surface area (Å²) < 4.78 is 0. The fourth-order valence-electron chi connectivity index (χ4n) is 2.52. The van der Waals surface area contributed by atoms with E-state index in [1.54, 1.807) is 0 Å². The third kappa shape index (κ3) is 1.97. The molecule has 19 heavy (non-hydrogen) atoms. The van der Waals surface area contributed by atoms with Crippen LogP contribution in [0.15, 0.2) is 42.5 Å². The Balaban J connectivity index is 1.99. The molecule has 1 amide bonds. The maximum atomic E-state index is 12.5. The predicted octanol–water partition coefficient (Wildman–Crippen LogP) is 2.78. The zero-order valence-electron chi connectivity index (χ0n) is 10.9. The van der Waals surface area contributed by atoms with Gasteiger partial charge in [0.15, 0.2) is 0 Å². The van der Waals surface area contributed by atoms with Crippen molar-refractivity contribution < 1.29 is 4.79 Å². The van der Waals surface area contributed by atoms with Crippen molar-refractivity contribution in [3.05, 3.63) is 59.2 Å². The van der Waals surface area contributed by atoms with Crippen LogP contribution in [-0.4, -0.2) is 12.5 Å². The van der Waals surface area contributed by atoms with Gasteiger partial charge in [-0.05, 0) is 42.7 Å². The summed E-state index contributed by atoms with van der Waals surface area (Å²) in [6.07, 6.45) is 0.898. The lowest BCUT2D eigenvalue weighted by atomic mass is 10.1. The number of carbonyl (C=O) groups is 1. The first-order valence-electron chi connectivity index (χ1n) is 6.43. The van der Waals surface area contributed by atoms with Gasteiger partial charge in [0.05, 0.1) is 0 Å². The molecule has 0 fully saturated rings. The van der Waals surface area contributed by atoms with Crippen LogP contribution in [-0.2, 0) is 6.42 Å². The van der Waals surface area contributed by atoms with Gasteiger partial charge in [0.25, 0.3) is 5.91 Å². The minimum atomic E-state index is 0.0441. The van der Waals surface area contributed by atoms with Crippen molar-refractivity contribution >= 4 is 17.3 Å². The van der Waals surface area contributed by atoms with Crippen molar-refractivity contribution in [2.24, 2.45) is 0 Å². The number of nitrogens with two attached hydrogens (primary N) is 1. The number of nitrogen functional groups attached to an aromatic ring is 1. The molecule has 0 radical (unpaired) electrons. The number of rotatable bonds is 1. The van der Waals surface area contributed by atoms with Gasteiger partial charge < -0.3 is 10.6 Å². The van der Waals surface area contributed by atoms with Crippen LogP contribution in [0, 0.1) is 6.92 Å². The fraction of sp³-hybridized carbons (Fsp3) is 0.188. The highest BCUT2D eigenvalue weighted by atomic mass is 16.2. The molecule has 1 heterocycles. The largest absolute Gasteiger partial charge is 0.398 e. The summed E-state index contributed by atoms with van der Waals surface area (Å²) in [5.74, 6) is 0.0441. The molecular weight excluding hydrogens is 236 g/mol. The summed E-state index contributed by atoms with van der Waals surface area (Å²) in [4.78, 5) is 14.3. The average Bonchev–Trinajstić information content (AvgIpc) is 2.82. The lowest BCUT2D eigenvalue weighted by Crippen LogP contribution is -2.28. The summed E-state index contributed by atoms with van der Waals surface area (Å²) in [5, 5.41) is 0. The predicted molar refractivity (Wildman–Crippen MR) is 77.4 cm³/mol. The molecule has 1 aliphatic rings. The second-order valence-electron chi connectivity index (χ2n) is 4.91. The number of hydrogen-bond donors (Lipinski definition) is 1. The molecule has 0 aromatic heterocycles. The van der Waals surface area contributed by atoms with Crippen LogP contribution < -0.4 is 10.6 Å². The number of anilines is 2. The molecule has 2 aromatic rings. The first-order valence-corrected chi connectivity index (χ1v) is 6.43. The molecule has 2 N–H and O–H groups in total. The van der Waals surface area contributed by atoms with E-state index in [0.29, 0.717) is 0 Å². The van der Waals surface area contributed by atoms with Gasteiger partial charge in [-0.25, -0.2) is 0 Å². The number of fused-ring (bicyclic) bond motifs is 1. The Bertz CT molecular complexity index is 635. The van der Waals surface area contributed by atoms with Gasteiger partial charge in [0.1, 0.15) is 0 Å². The van der Waals surface area contributed by atoms with Crippen LogP contribution in [0.25, 0.3) is 0 Å². The molecule has 1 aliphatic heterocycles. The van der Waals surface area contributed by atoms with Gasteiger partial charge in [-0.3, -0.25) is 4.79 Å². The summed E-state index contributed by atoms with van der Waals surface area (Å²) in [7, 11) is 0. The van der Waals surface area contributed by atoms with Crippen molar-refractivity contribution in [3.8, 4) is 0 Å². The van der Waals surface area contributed by atoms with Gasteiger partial charge in [0.2, 0.25) is 0 Å². The molecule has 0 saturated carbocycles. The van der Waals surface area contributed by atoms with E-state index in [1.807, 2.05) is 48.2 Å². The fourth-order valence-corrected chi connectivity index (χ4v) is 2.52. The molecule has 3 heteroatoms. The van der Waals surface area contributed by atoms with Crippen LogP contribution in [0.1, 0.15) is 21.5 Å². The summed E-state index contributed by atoms with van der Waals surface area (Å²) in [6.45, 7) is 2.73. The maximum absolute atomic E-state index is 12.5. The Hall–Kier alpha value is -2.29. The molecule has 3 rings (SSSR count). The summed E-state index contributed by atoms with van der Waals surface area (Å²) >= 11 is 0. The van der Waals surface area contributed by atoms with Gasteiger partial charge in [-0.2, -0.15) is 0 Å². The first kappa shape index (κ1) is 11.8. The molecule has 0 aliphatic carbocycles. The van der Waals surface area contributed by atoms with E-state index >= 15 is 0 Å². The van der Waals surface area contributed by atoms with Crippen LogP contribution >= 0.6 is 0 Å². The van der Waals surface area contributed by atoms with Crippen LogP contribution in [0.3, 0.4) is 0 Å². The normalized spacial score (nSPS) is 13.4. The molecule has 0 atom stereocenters. The second-order valence-corrected chi connectivity index (χ2v) is 4.91. The van der Waals surface area contributed by atoms with Crippen molar-refractivity contribution in [2.45, 2.75) is 13.3 Å². The van der Waals surface area contributed by atoms with E-state index in [2.05, 4.69) is 6.07 Å². The lowest BCUT2D eigenvalue weighted by Gasteiger charge is -2.18. The Morgan fingerprint density at radius 3 is 2.68 bits per heavy atom. The minimum Gasteiger partial charge on any atom is -0.398 e. The molecule has 0 unspecified atom stereocenters. The average molecular weight is 252 g/mol. The van der Waals surface area contributed by atoms with E-state index in [0.717, 1.165) is 35.5 Å². The SMILES string of the molecule is Cc1cc2c(cc1N)N(C(=O)c1ccccc1)CC2. The van der Waals surface area contributed by atoms with Crippen molar-refractivity contribution in [2.75, 3.05) is 17.2 Å². The molecule has 0 saturated heterocycles.